The molecule has 0 radical (unpaired) electrons. The first-order chi connectivity index (χ1) is 9.76. The zero-order chi connectivity index (χ0) is 13.9. The fourth-order valence-electron chi connectivity index (χ4n) is 2.15. The minimum absolute atomic E-state index is 0.404. The van der Waals surface area contributed by atoms with Gasteiger partial charge in [-0.15, -0.1) is 0 Å². The quantitative estimate of drug-likeness (QED) is 0.887. The summed E-state index contributed by atoms with van der Waals surface area (Å²) in [5.74, 6) is 1.94. The third-order valence-electron chi connectivity index (χ3n) is 3.56. The number of morpholine rings is 1. The molecule has 6 nitrogen and oxygen atoms in total. The van der Waals surface area contributed by atoms with Gasteiger partial charge in [0.25, 0.3) is 0 Å². The Morgan fingerprint density at radius 2 is 2.35 bits per heavy atom. The summed E-state index contributed by atoms with van der Waals surface area (Å²) >= 11 is 0. The lowest BCUT2D eigenvalue weighted by molar-refractivity contribution is 0.0761. The Kier molecular flexibility index (Phi) is 3.61. The molecule has 2 heterocycles. The molecule has 3 rings (SSSR count). The van der Waals surface area contributed by atoms with E-state index >= 15 is 0 Å². The molecule has 1 unspecified atom stereocenters. The van der Waals surface area contributed by atoms with Gasteiger partial charge in [-0.05, 0) is 30.9 Å². The summed E-state index contributed by atoms with van der Waals surface area (Å²) in [6.07, 6.45) is 2.05. The number of nitrogens with zero attached hydrogens (tertiary/aromatic N) is 3. The predicted octanol–water partition coefficient (Wildman–Crippen LogP) is 1.18. The largest absolute Gasteiger partial charge is 0.476 e. The molecular weight excluding hydrogens is 256 g/mol. The molecule has 1 saturated carbocycles. The third-order valence-corrected chi connectivity index (χ3v) is 3.56. The molecule has 6 heteroatoms. The van der Waals surface area contributed by atoms with Gasteiger partial charge in [-0.1, -0.05) is 0 Å². The number of rotatable bonds is 4. The fraction of sp³-hybridized carbons (Fsp3) is 0.571. The van der Waals surface area contributed by atoms with Gasteiger partial charge in [0.05, 0.1) is 31.5 Å². The molecule has 0 spiro atoms. The van der Waals surface area contributed by atoms with Crippen molar-refractivity contribution < 1.29 is 9.47 Å². The molecule has 0 amide bonds. The Morgan fingerprint density at radius 3 is 3.10 bits per heavy atom. The van der Waals surface area contributed by atoms with E-state index < -0.39 is 6.10 Å². The summed E-state index contributed by atoms with van der Waals surface area (Å²) in [7, 11) is 0. The van der Waals surface area contributed by atoms with Crippen molar-refractivity contribution in [3.63, 3.8) is 0 Å². The van der Waals surface area contributed by atoms with E-state index in [1.165, 1.54) is 12.8 Å². The number of anilines is 2. The summed E-state index contributed by atoms with van der Waals surface area (Å²) in [6, 6.07) is 5.80. The van der Waals surface area contributed by atoms with Crippen molar-refractivity contribution in [1.29, 1.82) is 5.26 Å². The topological polar surface area (TPSA) is 84.4 Å². The van der Waals surface area contributed by atoms with Crippen molar-refractivity contribution in [2.24, 2.45) is 5.92 Å². The van der Waals surface area contributed by atoms with E-state index in [-0.39, 0.29) is 0 Å². The van der Waals surface area contributed by atoms with E-state index in [1.807, 2.05) is 11.0 Å². The van der Waals surface area contributed by atoms with E-state index in [9.17, 15) is 0 Å². The number of hydrogen-bond donors (Lipinski definition) is 1. The lowest BCUT2D eigenvalue weighted by Gasteiger charge is -2.30. The highest BCUT2D eigenvalue weighted by atomic mass is 16.5. The van der Waals surface area contributed by atoms with Crippen LogP contribution in [0.15, 0.2) is 12.1 Å². The Labute approximate surface area is 118 Å². The van der Waals surface area contributed by atoms with Crippen LogP contribution in [-0.2, 0) is 4.74 Å². The molecule has 2 fully saturated rings. The highest BCUT2D eigenvalue weighted by molar-refractivity contribution is 5.54. The molecule has 0 aromatic carbocycles. The molecule has 20 heavy (non-hydrogen) atoms. The van der Waals surface area contributed by atoms with Crippen LogP contribution in [0.5, 0.6) is 5.88 Å². The second kappa shape index (κ2) is 5.55. The lowest BCUT2D eigenvalue weighted by Crippen LogP contribution is -2.42. The molecule has 106 valence electrons. The van der Waals surface area contributed by atoms with Gasteiger partial charge in [-0.25, -0.2) is 0 Å². The third kappa shape index (κ3) is 2.94. The molecule has 1 aromatic heterocycles. The van der Waals surface area contributed by atoms with E-state index in [0.717, 1.165) is 12.4 Å². The van der Waals surface area contributed by atoms with E-state index in [1.54, 1.807) is 6.07 Å². The number of nitriles is 1. The van der Waals surface area contributed by atoms with Crippen LogP contribution in [0.2, 0.25) is 0 Å². The Balaban J connectivity index is 1.72. The van der Waals surface area contributed by atoms with Crippen LogP contribution in [-0.4, -0.2) is 37.4 Å². The maximum Gasteiger partial charge on any atom is 0.239 e. The van der Waals surface area contributed by atoms with Gasteiger partial charge < -0.3 is 20.1 Å². The summed E-state index contributed by atoms with van der Waals surface area (Å²) < 4.78 is 11.0. The Morgan fingerprint density at radius 1 is 1.50 bits per heavy atom. The van der Waals surface area contributed by atoms with Gasteiger partial charge >= 0.3 is 0 Å². The second-order valence-electron chi connectivity index (χ2n) is 5.25. The van der Waals surface area contributed by atoms with Crippen molar-refractivity contribution in [2.75, 3.05) is 36.9 Å². The smallest absolute Gasteiger partial charge is 0.239 e. The molecule has 1 atom stereocenters. The highest BCUT2D eigenvalue weighted by Gasteiger charge is 2.24. The first-order valence-corrected chi connectivity index (χ1v) is 6.92. The second-order valence-corrected chi connectivity index (χ2v) is 5.25. The molecule has 1 saturated heterocycles. The van der Waals surface area contributed by atoms with Gasteiger partial charge in [-0.2, -0.15) is 10.2 Å². The SMILES string of the molecule is N#CC1CN(c2ccc(N)c(OCC3CC3)n2)CCO1. The minimum Gasteiger partial charge on any atom is -0.476 e. The molecule has 1 aliphatic heterocycles. The van der Waals surface area contributed by atoms with Crippen LogP contribution in [0.4, 0.5) is 11.5 Å². The summed E-state index contributed by atoms with van der Waals surface area (Å²) in [6.45, 7) is 2.46. The van der Waals surface area contributed by atoms with Crippen LogP contribution in [0.25, 0.3) is 0 Å². The normalized spacial score (nSPS) is 22.4. The summed E-state index contributed by atoms with van der Waals surface area (Å²) in [5, 5.41) is 8.94. The number of nitrogen functional groups attached to an aromatic ring is 1. The van der Waals surface area contributed by atoms with Crippen molar-refractivity contribution in [2.45, 2.75) is 18.9 Å². The van der Waals surface area contributed by atoms with Crippen LogP contribution >= 0.6 is 0 Å². The molecule has 1 aromatic rings. The zero-order valence-electron chi connectivity index (χ0n) is 11.3. The number of ether oxygens (including phenoxy) is 2. The van der Waals surface area contributed by atoms with Crippen LogP contribution < -0.4 is 15.4 Å². The van der Waals surface area contributed by atoms with Gasteiger partial charge in [0, 0.05) is 6.54 Å². The van der Waals surface area contributed by atoms with Crippen molar-refractivity contribution in [3.8, 4) is 11.9 Å². The van der Waals surface area contributed by atoms with Gasteiger partial charge in [0.15, 0.2) is 6.10 Å². The average molecular weight is 274 g/mol. The molecule has 0 bridgehead atoms. The van der Waals surface area contributed by atoms with Gasteiger partial charge in [0.1, 0.15) is 5.82 Å². The van der Waals surface area contributed by atoms with Crippen LogP contribution in [0.3, 0.4) is 0 Å². The maximum absolute atomic E-state index is 8.94. The number of pyridine rings is 1. The summed E-state index contributed by atoms with van der Waals surface area (Å²) in [5.41, 5.74) is 6.45. The number of hydrogen-bond acceptors (Lipinski definition) is 6. The first-order valence-electron chi connectivity index (χ1n) is 6.92. The van der Waals surface area contributed by atoms with E-state index in [4.69, 9.17) is 20.5 Å². The lowest BCUT2D eigenvalue weighted by atomic mass is 10.3. The van der Waals surface area contributed by atoms with Crippen molar-refractivity contribution in [3.05, 3.63) is 12.1 Å². The number of nitrogens with two attached hydrogens (primary N) is 1. The Bertz CT molecular complexity index is 524. The molecule has 2 aliphatic rings. The van der Waals surface area contributed by atoms with E-state index in [0.29, 0.717) is 37.2 Å². The highest BCUT2D eigenvalue weighted by Crippen LogP contribution is 2.31. The predicted molar refractivity (Wildman–Crippen MR) is 74.4 cm³/mol. The molecular formula is C14H18N4O2. The molecule has 2 N–H and O–H groups in total. The number of aromatic nitrogens is 1. The van der Waals surface area contributed by atoms with Gasteiger partial charge in [0.2, 0.25) is 5.88 Å². The maximum atomic E-state index is 8.94. The van der Waals surface area contributed by atoms with Crippen molar-refractivity contribution >= 4 is 11.5 Å². The first kappa shape index (κ1) is 13.0. The van der Waals surface area contributed by atoms with Gasteiger partial charge in [-0.3, -0.25) is 0 Å². The Hall–Kier alpha value is -2.00. The minimum atomic E-state index is -0.404. The standard InChI is InChI=1S/C14H18N4O2/c15-7-11-8-18(5-6-19-11)13-4-3-12(16)14(17-13)20-9-10-1-2-10/h3-4,10-11H,1-2,5-6,8-9,16H2. The van der Waals surface area contributed by atoms with Crippen LogP contribution in [0, 0.1) is 17.2 Å². The molecule has 1 aliphatic carbocycles. The fourth-order valence-corrected chi connectivity index (χ4v) is 2.15. The summed E-state index contributed by atoms with van der Waals surface area (Å²) in [4.78, 5) is 6.51. The van der Waals surface area contributed by atoms with E-state index in [2.05, 4.69) is 11.1 Å². The average Bonchev–Trinajstić information content (AvgIpc) is 3.31. The zero-order valence-corrected chi connectivity index (χ0v) is 11.3. The van der Waals surface area contributed by atoms with Crippen LogP contribution in [0.1, 0.15) is 12.8 Å². The van der Waals surface area contributed by atoms with Crippen molar-refractivity contribution in [1.82, 2.24) is 4.98 Å². The monoisotopic (exact) mass is 274 g/mol.